The molecule has 0 aromatic heterocycles. The van der Waals surface area contributed by atoms with Gasteiger partial charge in [0.2, 0.25) is 5.29 Å². The summed E-state index contributed by atoms with van der Waals surface area (Å²) in [7, 11) is 0. The highest BCUT2D eigenvalue weighted by Crippen LogP contribution is 2.15. The molecule has 0 fully saturated rings. The topological polar surface area (TPSA) is 0 Å². The Hall–Kier alpha value is 0.540. The van der Waals surface area contributed by atoms with Gasteiger partial charge in [0.25, 0.3) is 0 Å². The average molecular weight is 163 g/mol. The fourth-order valence-electron chi connectivity index (χ4n) is 0.0505. The SMILES string of the molecule is F/C(Cl)=C(/Cl)CCl. The second kappa shape index (κ2) is 3.53. The first kappa shape index (κ1) is 7.54. The first-order valence-electron chi connectivity index (χ1n) is 1.44. The average Bonchev–Trinajstić information content (AvgIpc) is 1.65. The van der Waals surface area contributed by atoms with Crippen LogP contribution in [0.25, 0.3) is 0 Å². The van der Waals surface area contributed by atoms with E-state index in [1.807, 2.05) is 0 Å². The molecule has 0 nitrogen and oxygen atoms in total. The van der Waals surface area contributed by atoms with Crippen molar-refractivity contribution in [3.05, 3.63) is 10.3 Å². The van der Waals surface area contributed by atoms with Crippen LogP contribution in [0.3, 0.4) is 0 Å². The Morgan fingerprint density at radius 1 is 1.43 bits per heavy atom. The predicted octanol–water partition coefficient (Wildman–Crippen LogP) is 2.84. The molecule has 0 atom stereocenters. The van der Waals surface area contributed by atoms with Crippen molar-refractivity contribution >= 4 is 34.8 Å². The van der Waals surface area contributed by atoms with Gasteiger partial charge in [-0.05, 0) is 11.6 Å². The molecule has 0 aromatic rings. The molecular formula is C3H2Cl3F. The fourth-order valence-corrected chi connectivity index (χ4v) is 0.303. The van der Waals surface area contributed by atoms with Crippen molar-refractivity contribution in [3.8, 4) is 0 Å². The smallest absolute Gasteiger partial charge is 0.192 e. The molecule has 0 N–H and O–H groups in total. The number of hydrogen-bond acceptors (Lipinski definition) is 0. The quantitative estimate of drug-likeness (QED) is 0.522. The Morgan fingerprint density at radius 2 is 1.86 bits per heavy atom. The van der Waals surface area contributed by atoms with Gasteiger partial charge in [-0.25, -0.2) is 0 Å². The molecule has 42 valence electrons. The summed E-state index contributed by atoms with van der Waals surface area (Å²) in [4.78, 5) is 0. The van der Waals surface area contributed by atoms with E-state index >= 15 is 0 Å². The normalized spacial score (nSPS) is 13.7. The van der Waals surface area contributed by atoms with E-state index in [9.17, 15) is 4.39 Å². The minimum Gasteiger partial charge on any atom is -0.192 e. The van der Waals surface area contributed by atoms with Gasteiger partial charge in [0, 0.05) is 0 Å². The van der Waals surface area contributed by atoms with Crippen molar-refractivity contribution in [2.24, 2.45) is 0 Å². The minimum atomic E-state index is -0.934. The molecule has 0 aliphatic carbocycles. The third-order valence-electron chi connectivity index (χ3n) is 0.322. The van der Waals surface area contributed by atoms with Crippen LogP contribution in [0.15, 0.2) is 10.3 Å². The second-order valence-corrected chi connectivity index (χ2v) is 1.85. The van der Waals surface area contributed by atoms with E-state index in [1.165, 1.54) is 0 Å². The lowest BCUT2D eigenvalue weighted by Gasteiger charge is -1.83. The maximum Gasteiger partial charge on any atom is 0.204 e. The van der Waals surface area contributed by atoms with Crippen LogP contribution in [0.4, 0.5) is 4.39 Å². The summed E-state index contributed by atoms with van der Waals surface area (Å²) < 4.78 is 11.5. The molecule has 0 amide bonds. The van der Waals surface area contributed by atoms with E-state index in [2.05, 4.69) is 0 Å². The van der Waals surface area contributed by atoms with Crippen molar-refractivity contribution in [3.63, 3.8) is 0 Å². The molecule has 7 heavy (non-hydrogen) atoms. The molecule has 4 heteroatoms. The van der Waals surface area contributed by atoms with Crippen LogP contribution in [0, 0.1) is 0 Å². The highest BCUT2D eigenvalue weighted by molar-refractivity contribution is 6.41. The van der Waals surface area contributed by atoms with E-state index in [0.29, 0.717) is 0 Å². The summed E-state index contributed by atoms with van der Waals surface area (Å²) in [5.41, 5.74) is 0. The maximum atomic E-state index is 11.5. The molecule has 0 unspecified atom stereocenters. The number of alkyl halides is 1. The van der Waals surface area contributed by atoms with Crippen molar-refractivity contribution in [2.75, 3.05) is 5.88 Å². The highest BCUT2D eigenvalue weighted by atomic mass is 35.5. The third kappa shape index (κ3) is 3.15. The molecule has 0 saturated heterocycles. The molecule has 0 aliphatic heterocycles. The second-order valence-electron chi connectivity index (χ2n) is 0.799. The Labute approximate surface area is 55.9 Å². The maximum absolute atomic E-state index is 11.5. The van der Waals surface area contributed by atoms with E-state index in [1.54, 1.807) is 0 Å². The molecule has 0 aliphatic rings. The van der Waals surface area contributed by atoms with Gasteiger partial charge >= 0.3 is 0 Å². The summed E-state index contributed by atoms with van der Waals surface area (Å²) in [6.45, 7) is 0. The molecule has 0 heterocycles. The molecule has 0 spiro atoms. The van der Waals surface area contributed by atoms with Gasteiger partial charge in [-0.15, -0.1) is 11.6 Å². The predicted molar refractivity (Wildman–Crippen MR) is 30.6 cm³/mol. The van der Waals surface area contributed by atoms with Crippen molar-refractivity contribution in [2.45, 2.75) is 0 Å². The van der Waals surface area contributed by atoms with Gasteiger partial charge in [-0.1, -0.05) is 11.6 Å². The van der Waals surface area contributed by atoms with Crippen LogP contribution in [0.5, 0.6) is 0 Å². The summed E-state index contributed by atoms with van der Waals surface area (Å²) >= 11 is 14.8. The monoisotopic (exact) mass is 162 g/mol. The zero-order chi connectivity index (χ0) is 5.86. The Kier molecular flexibility index (Phi) is 3.80. The third-order valence-corrected chi connectivity index (χ3v) is 1.35. The number of rotatable bonds is 1. The minimum absolute atomic E-state index is 0.0725. The van der Waals surface area contributed by atoms with Crippen LogP contribution in [-0.2, 0) is 0 Å². The van der Waals surface area contributed by atoms with E-state index < -0.39 is 5.29 Å². The molecular weight excluding hydrogens is 161 g/mol. The van der Waals surface area contributed by atoms with Crippen LogP contribution >= 0.6 is 34.8 Å². The highest BCUT2D eigenvalue weighted by Gasteiger charge is 1.95. The zero-order valence-electron chi connectivity index (χ0n) is 3.22. The van der Waals surface area contributed by atoms with Crippen LogP contribution in [0.2, 0.25) is 0 Å². The first-order valence-corrected chi connectivity index (χ1v) is 2.73. The van der Waals surface area contributed by atoms with Gasteiger partial charge < -0.3 is 0 Å². The standard InChI is InChI=1S/C3H2Cl3F/c4-1-2(5)3(6)7/h1H2/b3-2+. The first-order chi connectivity index (χ1) is 3.18. The molecule has 0 rings (SSSR count). The lowest BCUT2D eigenvalue weighted by Crippen LogP contribution is -1.70. The van der Waals surface area contributed by atoms with Gasteiger partial charge in [0.05, 0.1) is 10.9 Å². The molecule has 0 radical (unpaired) electrons. The van der Waals surface area contributed by atoms with Gasteiger partial charge in [0.15, 0.2) is 0 Å². The van der Waals surface area contributed by atoms with Crippen LogP contribution < -0.4 is 0 Å². The largest absolute Gasteiger partial charge is 0.204 e. The van der Waals surface area contributed by atoms with Gasteiger partial charge in [-0.2, -0.15) is 4.39 Å². The van der Waals surface area contributed by atoms with Crippen molar-refractivity contribution < 1.29 is 4.39 Å². The lowest BCUT2D eigenvalue weighted by molar-refractivity contribution is 0.690. The molecule has 0 aromatic carbocycles. The van der Waals surface area contributed by atoms with E-state index in [0.717, 1.165) is 0 Å². The lowest BCUT2D eigenvalue weighted by atomic mass is 10.7. The van der Waals surface area contributed by atoms with E-state index in [4.69, 9.17) is 34.8 Å². The Bertz CT molecular complexity index is 84.2. The van der Waals surface area contributed by atoms with Crippen LogP contribution in [0.1, 0.15) is 0 Å². The van der Waals surface area contributed by atoms with Crippen LogP contribution in [-0.4, -0.2) is 5.88 Å². The molecule has 0 bridgehead atoms. The van der Waals surface area contributed by atoms with Gasteiger partial charge in [-0.3, -0.25) is 0 Å². The van der Waals surface area contributed by atoms with Crippen molar-refractivity contribution in [1.29, 1.82) is 0 Å². The molecule has 0 saturated carbocycles. The Balaban J connectivity index is 3.72. The van der Waals surface area contributed by atoms with E-state index in [-0.39, 0.29) is 10.9 Å². The summed E-state index contributed by atoms with van der Waals surface area (Å²) in [5.74, 6) is -0.0725. The fraction of sp³-hybridized carbons (Fsp3) is 0.333. The Morgan fingerprint density at radius 3 is 1.86 bits per heavy atom. The summed E-state index contributed by atoms with van der Waals surface area (Å²) in [6, 6.07) is 0. The number of halogens is 4. The van der Waals surface area contributed by atoms with Gasteiger partial charge in [0.1, 0.15) is 0 Å². The van der Waals surface area contributed by atoms with Crippen molar-refractivity contribution in [1.82, 2.24) is 0 Å². The number of hydrogen-bond donors (Lipinski definition) is 0. The summed E-state index contributed by atoms with van der Waals surface area (Å²) in [5, 5.41) is -1.08. The zero-order valence-corrected chi connectivity index (χ0v) is 5.49. The number of allylic oxidation sites excluding steroid dienone is 1. The summed E-state index contributed by atoms with van der Waals surface area (Å²) in [6.07, 6.45) is 0.